The molecule has 0 aliphatic carbocycles. The number of amides is 2. The molecule has 4 rings (SSSR count). The Bertz CT molecular complexity index is 1400. The number of carbonyl (C=O) groups is 2. The first-order valence-electron chi connectivity index (χ1n) is 11.8. The Hall–Kier alpha value is -1.56. The van der Waals surface area contributed by atoms with E-state index in [-0.39, 0.29) is 37.2 Å². The van der Waals surface area contributed by atoms with Gasteiger partial charge in [-0.05, 0) is 68.5 Å². The number of sulfone groups is 2. The van der Waals surface area contributed by atoms with Gasteiger partial charge < -0.3 is 10.6 Å². The lowest BCUT2D eigenvalue weighted by molar-refractivity contribution is -0.121. The van der Waals surface area contributed by atoms with Crippen LogP contribution in [0.4, 0.5) is 0 Å². The van der Waals surface area contributed by atoms with Gasteiger partial charge in [-0.3, -0.25) is 9.59 Å². The molecule has 38 heavy (non-hydrogen) atoms. The topological polar surface area (TPSA) is 126 Å². The third-order valence-corrected chi connectivity index (χ3v) is 11.6. The average molecular weight is 644 g/mol. The van der Waals surface area contributed by atoms with Gasteiger partial charge in [-0.25, -0.2) is 16.8 Å². The summed E-state index contributed by atoms with van der Waals surface area (Å²) >= 11 is 23.2. The van der Waals surface area contributed by atoms with Gasteiger partial charge in [0.15, 0.2) is 19.7 Å². The molecule has 14 heteroatoms. The molecule has 2 amide bonds. The Morgan fingerprint density at radius 2 is 1.34 bits per heavy atom. The van der Waals surface area contributed by atoms with Gasteiger partial charge in [-0.2, -0.15) is 0 Å². The molecule has 2 aliphatic rings. The van der Waals surface area contributed by atoms with E-state index in [2.05, 4.69) is 10.6 Å². The van der Waals surface area contributed by atoms with Crippen molar-refractivity contribution in [1.82, 2.24) is 10.6 Å². The fourth-order valence-corrected chi connectivity index (χ4v) is 8.66. The number of halogens is 4. The Morgan fingerprint density at radius 1 is 0.684 bits per heavy atom. The second-order valence-electron chi connectivity index (χ2n) is 8.86. The monoisotopic (exact) mass is 642 g/mol. The normalized spacial score (nSPS) is 20.7. The van der Waals surface area contributed by atoms with Crippen LogP contribution < -0.4 is 10.6 Å². The van der Waals surface area contributed by atoms with Gasteiger partial charge in [0.25, 0.3) is 0 Å². The first-order chi connectivity index (χ1) is 17.8. The van der Waals surface area contributed by atoms with Crippen LogP contribution in [0.2, 0.25) is 20.1 Å². The molecule has 0 saturated carbocycles. The maximum atomic E-state index is 12.5. The van der Waals surface area contributed by atoms with E-state index in [1.165, 1.54) is 36.4 Å². The molecule has 2 saturated heterocycles. The summed E-state index contributed by atoms with van der Waals surface area (Å²) in [4.78, 5) is 23.4. The van der Waals surface area contributed by atoms with Crippen molar-refractivity contribution >= 4 is 77.9 Å². The van der Waals surface area contributed by atoms with E-state index < -0.39 is 36.1 Å². The third-order valence-electron chi connectivity index (χ3n) is 6.12. The van der Waals surface area contributed by atoms with Crippen LogP contribution in [-0.2, 0) is 29.3 Å². The Kier molecular flexibility index (Phi) is 10.8. The summed E-state index contributed by atoms with van der Waals surface area (Å²) in [5.74, 6) is -0.681. The summed E-state index contributed by atoms with van der Waals surface area (Å²) in [5.41, 5.74) is 0. The maximum absolute atomic E-state index is 12.5. The standard InChI is InChI=1S/2C12H13Cl2NO3S/c13-10-4-3-9(6-11(10)14)19(17,18)8-2-1-5-15-12(16)7-8;13-8-5-9(14)7-10(6-8)19(17,18)11-3-1-2-4-15-12(11)16/h3-4,6,8H,1-2,5,7H2,(H,15,16);5-7,11H,1-4H2,(H,15,16). The molecule has 8 nitrogen and oxygen atoms in total. The quantitative estimate of drug-likeness (QED) is 0.489. The molecule has 2 fully saturated rings. The van der Waals surface area contributed by atoms with Crippen LogP contribution in [0.5, 0.6) is 0 Å². The molecular formula is C24H26Cl4N2O6S2. The molecule has 2 heterocycles. The number of rotatable bonds is 4. The van der Waals surface area contributed by atoms with Gasteiger partial charge >= 0.3 is 0 Å². The predicted molar refractivity (Wildman–Crippen MR) is 149 cm³/mol. The molecule has 0 aromatic heterocycles. The van der Waals surface area contributed by atoms with Crippen LogP contribution in [-0.4, -0.2) is 52.2 Å². The fourth-order valence-electron chi connectivity index (χ4n) is 4.11. The van der Waals surface area contributed by atoms with Crippen LogP contribution in [0.1, 0.15) is 38.5 Å². The second kappa shape index (κ2) is 13.2. The van der Waals surface area contributed by atoms with Crippen LogP contribution in [0.3, 0.4) is 0 Å². The minimum absolute atomic E-state index is 0.00736. The first kappa shape index (κ1) is 31.0. The summed E-state index contributed by atoms with van der Waals surface area (Å²) in [6.07, 6.45) is 2.89. The van der Waals surface area contributed by atoms with Gasteiger partial charge in [-0.15, -0.1) is 0 Å². The molecule has 2 atom stereocenters. The van der Waals surface area contributed by atoms with E-state index in [0.29, 0.717) is 43.8 Å². The zero-order valence-electron chi connectivity index (χ0n) is 20.1. The zero-order valence-corrected chi connectivity index (χ0v) is 24.7. The van der Waals surface area contributed by atoms with Crippen molar-refractivity contribution < 1.29 is 26.4 Å². The van der Waals surface area contributed by atoms with Crippen LogP contribution in [0.15, 0.2) is 46.2 Å². The molecular weight excluding hydrogens is 618 g/mol. The van der Waals surface area contributed by atoms with Gasteiger partial charge in [-0.1, -0.05) is 46.4 Å². The lowest BCUT2D eigenvalue weighted by Gasteiger charge is -2.14. The highest BCUT2D eigenvalue weighted by Gasteiger charge is 2.35. The third kappa shape index (κ3) is 7.76. The lowest BCUT2D eigenvalue weighted by Crippen LogP contribution is -2.38. The van der Waals surface area contributed by atoms with Crippen molar-refractivity contribution in [3.63, 3.8) is 0 Å². The molecule has 2 N–H and O–H groups in total. The molecule has 0 spiro atoms. The minimum atomic E-state index is -3.76. The van der Waals surface area contributed by atoms with E-state index in [4.69, 9.17) is 46.4 Å². The van der Waals surface area contributed by atoms with Gasteiger partial charge in [0, 0.05) is 29.6 Å². The zero-order chi connectivity index (χ0) is 28.1. The van der Waals surface area contributed by atoms with Crippen LogP contribution in [0, 0.1) is 0 Å². The van der Waals surface area contributed by atoms with E-state index in [9.17, 15) is 26.4 Å². The molecule has 2 aromatic rings. The molecule has 2 unspecified atom stereocenters. The van der Waals surface area contributed by atoms with Crippen molar-refractivity contribution in [3.05, 3.63) is 56.5 Å². The van der Waals surface area contributed by atoms with Crippen LogP contribution in [0.25, 0.3) is 0 Å². The fraction of sp³-hybridized carbons (Fsp3) is 0.417. The minimum Gasteiger partial charge on any atom is -0.356 e. The summed E-state index contributed by atoms with van der Waals surface area (Å²) in [6, 6.07) is 8.30. The second-order valence-corrected chi connectivity index (χ2v) is 14.9. The smallest absolute Gasteiger partial charge is 0.238 e. The highest BCUT2D eigenvalue weighted by atomic mass is 35.5. The highest BCUT2D eigenvalue weighted by molar-refractivity contribution is 7.93. The van der Waals surface area contributed by atoms with Crippen molar-refractivity contribution in [2.45, 2.75) is 58.8 Å². The number of nitrogens with one attached hydrogen (secondary N) is 2. The molecule has 2 aromatic carbocycles. The average Bonchev–Trinajstić information content (AvgIpc) is 3.20. The number of hydrogen-bond donors (Lipinski definition) is 2. The Morgan fingerprint density at radius 3 is 2.00 bits per heavy atom. The predicted octanol–water partition coefficient (Wildman–Crippen LogP) is 4.87. The molecule has 208 valence electrons. The summed E-state index contributed by atoms with van der Waals surface area (Å²) in [6.45, 7) is 1.04. The van der Waals surface area contributed by atoms with Crippen molar-refractivity contribution in [1.29, 1.82) is 0 Å². The molecule has 2 aliphatic heterocycles. The largest absolute Gasteiger partial charge is 0.356 e. The van der Waals surface area contributed by atoms with Gasteiger partial charge in [0.05, 0.1) is 25.1 Å². The summed E-state index contributed by atoms with van der Waals surface area (Å²) < 4.78 is 49.9. The van der Waals surface area contributed by atoms with Crippen molar-refractivity contribution in [2.24, 2.45) is 0 Å². The molecule has 0 radical (unpaired) electrons. The Labute approximate surface area is 242 Å². The van der Waals surface area contributed by atoms with Gasteiger partial charge in [0.1, 0.15) is 5.25 Å². The van der Waals surface area contributed by atoms with E-state index in [1.807, 2.05) is 0 Å². The summed E-state index contributed by atoms with van der Waals surface area (Å²) in [5, 5.41) is 4.49. The van der Waals surface area contributed by atoms with E-state index in [0.717, 1.165) is 6.42 Å². The first-order valence-corrected chi connectivity index (χ1v) is 16.4. The van der Waals surface area contributed by atoms with Crippen molar-refractivity contribution in [2.75, 3.05) is 13.1 Å². The van der Waals surface area contributed by atoms with Crippen molar-refractivity contribution in [3.8, 4) is 0 Å². The molecule has 0 bridgehead atoms. The Balaban J connectivity index is 0.000000211. The number of hydrogen-bond acceptors (Lipinski definition) is 6. The number of benzene rings is 2. The highest BCUT2D eigenvalue weighted by Crippen LogP contribution is 2.30. The number of carbonyl (C=O) groups excluding carboxylic acids is 2. The summed E-state index contributed by atoms with van der Waals surface area (Å²) in [7, 11) is -7.32. The lowest BCUT2D eigenvalue weighted by atomic mass is 10.2. The maximum Gasteiger partial charge on any atom is 0.238 e. The van der Waals surface area contributed by atoms with E-state index >= 15 is 0 Å². The van der Waals surface area contributed by atoms with Crippen LogP contribution >= 0.6 is 46.4 Å². The van der Waals surface area contributed by atoms with E-state index in [1.54, 1.807) is 0 Å². The van der Waals surface area contributed by atoms with Gasteiger partial charge in [0.2, 0.25) is 11.8 Å². The SMILES string of the molecule is O=C1CC(S(=O)(=O)c2ccc(Cl)c(Cl)c2)CCCN1.O=C1NCCCCC1S(=O)(=O)c1cc(Cl)cc(Cl)c1.